The summed E-state index contributed by atoms with van der Waals surface area (Å²) in [6, 6.07) is 16.5. The monoisotopic (exact) mass is 331 g/mol. The van der Waals surface area contributed by atoms with Crippen molar-refractivity contribution in [3.8, 4) is 0 Å². The lowest BCUT2D eigenvalue weighted by molar-refractivity contribution is 0.540. The Hall–Kier alpha value is -3.15. The number of nitrogens with zero attached hydrogens (tertiary/aromatic N) is 5. The SMILES string of the molecule is c1ccc2nc(N3CCN(c4nc5ccccc5o4)CC3)cnc2c1. The molecule has 0 atom stereocenters. The second-order valence-electron chi connectivity index (χ2n) is 6.16. The van der Waals surface area contributed by atoms with Crippen LogP contribution in [0.3, 0.4) is 0 Å². The van der Waals surface area contributed by atoms with Crippen molar-refractivity contribution >= 4 is 34.0 Å². The minimum atomic E-state index is 0.699. The molecule has 3 heterocycles. The van der Waals surface area contributed by atoms with Gasteiger partial charge in [0, 0.05) is 26.2 Å². The van der Waals surface area contributed by atoms with Gasteiger partial charge in [-0.1, -0.05) is 24.3 Å². The van der Waals surface area contributed by atoms with Gasteiger partial charge in [0.25, 0.3) is 6.01 Å². The second-order valence-corrected chi connectivity index (χ2v) is 6.16. The summed E-state index contributed by atoms with van der Waals surface area (Å²) in [5.41, 5.74) is 3.60. The molecule has 6 nitrogen and oxygen atoms in total. The molecule has 1 aliphatic heterocycles. The molecule has 124 valence electrons. The van der Waals surface area contributed by atoms with Gasteiger partial charge in [-0.15, -0.1) is 0 Å². The lowest BCUT2D eigenvalue weighted by atomic mass is 10.3. The minimum Gasteiger partial charge on any atom is -0.423 e. The Bertz CT molecular complexity index is 1000. The molecule has 0 spiro atoms. The van der Waals surface area contributed by atoms with E-state index in [1.54, 1.807) is 0 Å². The fraction of sp³-hybridized carbons (Fsp3) is 0.211. The van der Waals surface area contributed by atoms with Gasteiger partial charge in [-0.2, -0.15) is 4.98 Å². The van der Waals surface area contributed by atoms with Crippen LogP contribution in [0.4, 0.5) is 11.8 Å². The third kappa shape index (κ3) is 2.55. The standard InChI is InChI=1S/C19H17N5O/c1-2-6-15-14(5-1)20-13-18(21-15)23-9-11-24(12-10-23)19-22-16-7-3-4-8-17(16)25-19/h1-8,13H,9-12H2. The van der Waals surface area contributed by atoms with Crippen molar-refractivity contribution in [3.63, 3.8) is 0 Å². The fourth-order valence-corrected chi connectivity index (χ4v) is 3.22. The second kappa shape index (κ2) is 5.73. The van der Waals surface area contributed by atoms with E-state index in [0.717, 1.165) is 54.1 Å². The van der Waals surface area contributed by atoms with E-state index in [1.807, 2.05) is 54.7 Å². The van der Waals surface area contributed by atoms with E-state index < -0.39 is 0 Å². The molecule has 2 aromatic carbocycles. The molecular formula is C19H17N5O. The van der Waals surface area contributed by atoms with Crippen LogP contribution in [0.15, 0.2) is 59.1 Å². The first-order chi connectivity index (χ1) is 12.4. The highest BCUT2D eigenvalue weighted by atomic mass is 16.4. The maximum atomic E-state index is 5.87. The molecule has 6 heteroatoms. The van der Waals surface area contributed by atoms with Gasteiger partial charge in [-0.05, 0) is 24.3 Å². The van der Waals surface area contributed by atoms with Gasteiger partial charge < -0.3 is 14.2 Å². The number of anilines is 2. The highest BCUT2D eigenvalue weighted by Gasteiger charge is 2.22. The van der Waals surface area contributed by atoms with Crippen LogP contribution in [0, 0.1) is 0 Å². The van der Waals surface area contributed by atoms with Crippen molar-refractivity contribution in [2.24, 2.45) is 0 Å². The Morgan fingerprint density at radius 3 is 2.20 bits per heavy atom. The lowest BCUT2D eigenvalue weighted by Gasteiger charge is -2.34. The first-order valence-electron chi connectivity index (χ1n) is 8.44. The average molecular weight is 331 g/mol. The van der Waals surface area contributed by atoms with Gasteiger partial charge in [0.05, 0.1) is 17.2 Å². The number of para-hydroxylation sites is 4. The average Bonchev–Trinajstić information content (AvgIpc) is 3.12. The normalized spacial score (nSPS) is 15.2. The molecule has 2 aromatic heterocycles. The fourth-order valence-electron chi connectivity index (χ4n) is 3.22. The molecule has 0 saturated carbocycles. The summed E-state index contributed by atoms with van der Waals surface area (Å²) in [7, 11) is 0. The van der Waals surface area contributed by atoms with Crippen LogP contribution >= 0.6 is 0 Å². The highest BCUT2D eigenvalue weighted by Crippen LogP contribution is 2.24. The van der Waals surface area contributed by atoms with E-state index in [0.29, 0.717) is 6.01 Å². The third-order valence-electron chi connectivity index (χ3n) is 4.59. The Balaban J connectivity index is 1.34. The topological polar surface area (TPSA) is 58.3 Å². The largest absolute Gasteiger partial charge is 0.423 e. The predicted octanol–water partition coefficient (Wildman–Crippen LogP) is 3.10. The van der Waals surface area contributed by atoms with E-state index >= 15 is 0 Å². The molecule has 1 fully saturated rings. The number of benzene rings is 2. The summed E-state index contributed by atoms with van der Waals surface area (Å²) in [5.74, 6) is 0.927. The van der Waals surface area contributed by atoms with Gasteiger partial charge in [0.2, 0.25) is 0 Å². The first-order valence-corrected chi connectivity index (χ1v) is 8.44. The zero-order chi connectivity index (χ0) is 16.6. The highest BCUT2D eigenvalue weighted by molar-refractivity contribution is 5.76. The molecule has 1 saturated heterocycles. The van der Waals surface area contributed by atoms with Crippen molar-refractivity contribution in [2.45, 2.75) is 0 Å². The van der Waals surface area contributed by atoms with E-state index in [1.165, 1.54) is 0 Å². The third-order valence-corrected chi connectivity index (χ3v) is 4.59. The predicted molar refractivity (Wildman–Crippen MR) is 98.0 cm³/mol. The van der Waals surface area contributed by atoms with Gasteiger partial charge in [-0.3, -0.25) is 4.98 Å². The minimum absolute atomic E-state index is 0.699. The summed E-state index contributed by atoms with van der Waals surface area (Å²) >= 11 is 0. The summed E-state index contributed by atoms with van der Waals surface area (Å²) < 4.78 is 5.87. The lowest BCUT2D eigenvalue weighted by Crippen LogP contribution is -2.47. The van der Waals surface area contributed by atoms with Crippen molar-refractivity contribution in [1.82, 2.24) is 15.0 Å². The molecular weight excluding hydrogens is 314 g/mol. The molecule has 1 aliphatic rings. The molecule has 5 rings (SSSR count). The number of hydrogen-bond donors (Lipinski definition) is 0. The maximum Gasteiger partial charge on any atom is 0.298 e. The zero-order valence-corrected chi connectivity index (χ0v) is 13.7. The van der Waals surface area contributed by atoms with E-state index in [-0.39, 0.29) is 0 Å². The molecule has 0 N–H and O–H groups in total. The van der Waals surface area contributed by atoms with E-state index in [4.69, 9.17) is 9.40 Å². The summed E-state index contributed by atoms with van der Waals surface area (Å²) in [5, 5.41) is 0. The summed E-state index contributed by atoms with van der Waals surface area (Å²) in [6.45, 7) is 3.43. The van der Waals surface area contributed by atoms with E-state index in [9.17, 15) is 0 Å². The van der Waals surface area contributed by atoms with Gasteiger partial charge in [0.15, 0.2) is 5.58 Å². The Morgan fingerprint density at radius 2 is 1.40 bits per heavy atom. The number of fused-ring (bicyclic) bond motifs is 2. The van der Waals surface area contributed by atoms with Crippen molar-refractivity contribution < 1.29 is 4.42 Å². The summed E-state index contributed by atoms with van der Waals surface area (Å²) in [4.78, 5) is 18.3. The zero-order valence-electron chi connectivity index (χ0n) is 13.7. The Morgan fingerprint density at radius 1 is 0.720 bits per heavy atom. The number of rotatable bonds is 2. The van der Waals surface area contributed by atoms with Crippen molar-refractivity contribution in [1.29, 1.82) is 0 Å². The Kier molecular flexibility index (Phi) is 3.26. The molecule has 25 heavy (non-hydrogen) atoms. The van der Waals surface area contributed by atoms with Crippen molar-refractivity contribution in [3.05, 3.63) is 54.7 Å². The van der Waals surface area contributed by atoms with Crippen LogP contribution < -0.4 is 9.80 Å². The molecule has 0 unspecified atom stereocenters. The first kappa shape index (κ1) is 14.2. The van der Waals surface area contributed by atoms with Crippen LogP contribution in [-0.4, -0.2) is 41.1 Å². The number of oxazole rings is 1. The molecule has 0 radical (unpaired) electrons. The number of piperazine rings is 1. The Labute approximate surface area is 144 Å². The maximum absolute atomic E-state index is 5.87. The summed E-state index contributed by atoms with van der Waals surface area (Å²) in [6.07, 6.45) is 1.86. The van der Waals surface area contributed by atoms with Crippen LogP contribution in [0.2, 0.25) is 0 Å². The van der Waals surface area contributed by atoms with Crippen LogP contribution in [0.5, 0.6) is 0 Å². The van der Waals surface area contributed by atoms with Crippen LogP contribution in [0.1, 0.15) is 0 Å². The van der Waals surface area contributed by atoms with Gasteiger partial charge >= 0.3 is 0 Å². The van der Waals surface area contributed by atoms with Crippen LogP contribution in [0.25, 0.3) is 22.1 Å². The van der Waals surface area contributed by atoms with Gasteiger partial charge in [-0.25, -0.2) is 4.98 Å². The van der Waals surface area contributed by atoms with Crippen LogP contribution in [-0.2, 0) is 0 Å². The molecule has 4 aromatic rings. The van der Waals surface area contributed by atoms with E-state index in [2.05, 4.69) is 19.8 Å². The quantitative estimate of drug-likeness (QED) is 0.562. The molecule has 0 bridgehead atoms. The van der Waals surface area contributed by atoms with Crippen molar-refractivity contribution in [2.75, 3.05) is 36.0 Å². The number of hydrogen-bond acceptors (Lipinski definition) is 6. The van der Waals surface area contributed by atoms with Gasteiger partial charge in [0.1, 0.15) is 11.3 Å². The molecule has 0 amide bonds. The molecule has 0 aliphatic carbocycles. The number of aromatic nitrogens is 3. The smallest absolute Gasteiger partial charge is 0.298 e.